The molecule has 1 unspecified atom stereocenters. The molecular formula is C11H13FNO. The molecule has 0 aliphatic heterocycles. The van der Waals surface area contributed by atoms with E-state index in [0.29, 0.717) is 0 Å². The zero-order chi connectivity index (χ0) is 10.6. The lowest BCUT2D eigenvalue weighted by atomic mass is 10.0. The second kappa shape index (κ2) is 4.86. The molecule has 1 atom stereocenters. The minimum Gasteiger partial charge on any atom is -0.312 e. The minimum atomic E-state index is -0.272. The Morgan fingerprint density at radius 1 is 1.43 bits per heavy atom. The summed E-state index contributed by atoms with van der Waals surface area (Å²) in [5.74, 6) is -0.278. The van der Waals surface area contributed by atoms with Crippen molar-refractivity contribution in [2.45, 2.75) is 13.0 Å². The summed E-state index contributed by atoms with van der Waals surface area (Å²) in [4.78, 5) is 10.9. The molecule has 1 N–H and O–H groups in total. The Hall–Kier alpha value is -1.22. The summed E-state index contributed by atoms with van der Waals surface area (Å²) in [5, 5.41) is 2.97. The van der Waals surface area contributed by atoms with Gasteiger partial charge in [-0.2, -0.15) is 0 Å². The van der Waals surface area contributed by atoms with Crippen LogP contribution in [-0.4, -0.2) is 12.8 Å². The van der Waals surface area contributed by atoms with Gasteiger partial charge < -0.3 is 5.32 Å². The van der Waals surface area contributed by atoms with E-state index in [1.54, 1.807) is 25.6 Å². The molecule has 3 heteroatoms. The summed E-state index contributed by atoms with van der Waals surface area (Å²) in [6.07, 6.45) is 1.56. The summed E-state index contributed by atoms with van der Waals surface area (Å²) < 4.78 is 12.6. The fourth-order valence-electron chi connectivity index (χ4n) is 1.25. The van der Waals surface area contributed by atoms with Crippen LogP contribution >= 0.6 is 0 Å². The highest BCUT2D eigenvalue weighted by Gasteiger charge is 2.11. The van der Waals surface area contributed by atoms with Crippen molar-refractivity contribution < 1.29 is 9.18 Å². The molecule has 0 saturated carbocycles. The van der Waals surface area contributed by atoms with Gasteiger partial charge >= 0.3 is 0 Å². The van der Waals surface area contributed by atoms with Crippen LogP contribution < -0.4 is 5.32 Å². The van der Waals surface area contributed by atoms with E-state index >= 15 is 0 Å². The number of rotatable bonds is 4. The fraction of sp³-hybridized carbons (Fsp3) is 0.273. The van der Waals surface area contributed by atoms with Crippen molar-refractivity contribution in [3.05, 3.63) is 42.1 Å². The summed E-state index contributed by atoms with van der Waals surface area (Å²) in [6.45, 7) is 1.49. The summed E-state index contributed by atoms with van der Waals surface area (Å²) >= 11 is 0. The van der Waals surface area contributed by atoms with Gasteiger partial charge in [0.05, 0.1) is 0 Å². The van der Waals surface area contributed by atoms with Gasteiger partial charge in [-0.25, -0.2) is 4.39 Å². The number of benzene rings is 1. The SMILES string of the molecule is CNC([CH]C(C)=O)c1ccc(F)cc1. The molecule has 0 bridgehead atoms. The van der Waals surface area contributed by atoms with Crippen molar-refractivity contribution in [3.63, 3.8) is 0 Å². The van der Waals surface area contributed by atoms with Crippen LogP contribution in [-0.2, 0) is 4.79 Å². The van der Waals surface area contributed by atoms with Gasteiger partial charge in [0.25, 0.3) is 0 Å². The number of Topliss-reactive ketones (excluding diaryl/α,β-unsaturated/α-hetero) is 1. The Balaban J connectivity index is 2.78. The molecule has 1 aromatic carbocycles. The van der Waals surface area contributed by atoms with Crippen LogP contribution in [0.2, 0.25) is 0 Å². The number of nitrogens with one attached hydrogen (secondary N) is 1. The van der Waals surface area contributed by atoms with Crippen LogP contribution in [0.15, 0.2) is 24.3 Å². The quantitative estimate of drug-likeness (QED) is 0.792. The summed E-state index contributed by atoms with van der Waals surface area (Å²) in [6, 6.07) is 5.95. The lowest BCUT2D eigenvalue weighted by molar-refractivity contribution is -0.114. The van der Waals surface area contributed by atoms with Crippen molar-refractivity contribution >= 4 is 5.78 Å². The van der Waals surface area contributed by atoms with Gasteiger partial charge in [-0.3, -0.25) is 4.79 Å². The maximum absolute atomic E-state index is 12.6. The zero-order valence-electron chi connectivity index (χ0n) is 8.25. The molecule has 0 heterocycles. The Morgan fingerprint density at radius 2 is 2.00 bits per heavy atom. The number of hydrogen-bond acceptors (Lipinski definition) is 2. The van der Waals surface area contributed by atoms with Crippen LogP contribution in [0.5, 0.6) is 0 Å². The Kier molecular flexibility index (Phi) is 3.77. The van der Waals surface area contributed by atoms with E-state index in [1.807, 2.05) is 0 Å². The molecule has 0 aliphatic carbocycles. The van der Waals surface area contributed by atoms with Crippen LogP contribution in [0.3, 0.4) is 0 Å². The first-order valence-corrected chi connectivity index (χ1v) is 4.41. The number of carbonyl (C=O) groups excluding carboxylic acids is 1. The maximum Gasteiger partial charge on any atom is 0.135 e. The molecule has 1 aromatic rings. The molecule has 0 amide bonds. The second-order valence-electron chi connectivity index (χ2n) is 3.10. The second-order valence-corrected chi connectivity index (χ2v) is 3.10. The van der Waals surface area contributed by atoms with E-state index in [-0.39, 0.29) is 17.6 Å². The average Bonchev–Trinajstić information content (AvgIpc) is 2.15. The van der Waals surface area contributed by atoms with Crippen molar-refractivity contribution in [2.75, 3.05) is 7.05 Å². The number of carbonyl (C=O) groups is 1. The third-order valence-corrected chi connectivity index (χ3v) is 1.94. The topological polar surface area (TPSA) is 29.1 Å². The van der Waals surface area contributed by atoms with Gasteiger partial charge in [0, 0.05) is 12.5 Å². The van der Waals surface area contributed by atoms with Crippen molar-refractivity contribution in [2.24, 2.45) is 0 Å². The first kappa shape index (κ1) is 10.9. The molecule has 1 rings (SSSR count). The van der Waals surface area contributed by atoms with E-state index < -0.39 is 0 Å². The first-order chi connectivity index (χ1) is 6.63. The number of hydrogen-bond donors (Lipinski definition) is 1. The highest BCUT2D eigenvalue weighted by atomic mass is 19.1. The molecule has 14 heavy (non-hydrogen) atoms. The van der Waals surface area contributed by atoms with Gasteiger partial charge in [-0.15, -0.1) is 0 Å². The molecule has 2 nitrogen and oxygen atoms in total. The van der Waals surface area contributed by atoms with E-state index in [1.165, 1.54) is 19.1 Å². The van der Waals surface area contributed by atoms with Gasteiger partial charge in [0.1, 0.15) is 11.6 Å². The van der Waals surface area contributed by atoms with Crippen LogP contribution in [0.4, 0.5) is 4.39 Å². The largest absolute Gasteiger partial charge is 0.312 e. The van der Waals surface area contributed by atoms with E-state index in [4.69, 9.17) is 0 Å². The number of ketones is 1. The lowest BCUT2D eigenvalue weighted by Gasteiger charge is -2.14. The van der Waals surface area contributed by atoms with Crippen LogP contribution in [0.1, 0.15) is 18.5 Å². The zero-order valence-corrected chi connectivity index (χ0v) is 8.25. The fourth-order valence-corrected chi connectivity index (χ4v) is 1.25. The van der Waals surface area contributed by atoms with E-state index in [9.17, 15) is 9.18 Å². The van der Waals surface area contributed by atoms with E-state index in [2.05, 4.69) is 5.32 Å². The van der Waals surface area contributed by atoms with Crippen molar-refractivity contribution in [3.8, 4) is 0 Å². The Morgan fingerprint density at radius 3 is 2.43 bits per heavy atom. The highest BCUT2D eigenvalue weighted by Crippen LogP contribution is 2.15. The van der Waals surface area contributed by atoms with E-state index in [0.717, 1.165) is 5.56 Å². The lowest BCUT2D eigenvalue weighted by Crippen LogP contribution is -2.19. The van der Waals surface area contributed by atoms with Crippen molar-refractivity contribution in [1.29, 1.82) is 0 Å². The van der Waals surface area contributed by atoms with Gasteiger partial charge in [0.15, 0.2) is 0 Å². The van der Waals surface area contributed by atoms with Gasteiger partial charge in [-0.05, 0) is 31.7 Å². The Bertz CT molecular complexity index is 308. The smallest absolute Gasteiger partial charge is 0.135 e. The first-order valence-electron chi connectivity index (χ1n) is 4.41. The molecule has 0 saturated heterocycles. The normalized spacial score (nSPS) is 12.5. The third-order valence-electron chi connectivity index (χ3n) is 1.94. The van der Waals surface area contributed by atoms with Crippen LogP contribution in [0.25, 0.3) is 0 Å². The molecule has 0 fully saturated rings. The minimum absolute atomic E-state index is 0.00586. The predicted octanol–water partition coefficient (Wildman–Crippen LogP) is 1.88. The summed E-state index contributed by atoms with van der Waals surface area (Å²) in [7, 11) is 1.76. The molecule has 75 valence electrons. The molecular weight excluding hydrogens is 181 g/mol. The van der Waals surface area contributed by atoms with Gasteiger partial charge in [0.2, 0.25) is 0 Å². The average molecular weight is 194 g/mol. The van der Waals surface area contributed by atoms with Crippen molar-refractivity contribution in [1.82, 2.24) is 5.32 Å². The predicted molar refractivity (Wildman–Crippen MR) is 53.2 cm³/mol. The molecule has 0 aliphatic rings. The van der Waals surface area contributed by atoms with Gasteiger partial charge in [-0.1, -0.05) is 12.1 Å². The monoisotopic (exact) mass is 194 g/mol. The summed E-state index contributed by atoms with van der Waals surface area (Å²) in [5.41, 5.74) is 0.879. The molecule has 0 aromatic heterocycles. The number of halogens is 1. The maximum atomic E-state index is 12.6. The highest BCUT2D eigenvalue weighted by molar-refractivity contribution is 5.85. The molecule has 0 spiro atoms. The molecule has 1 radical (unpaired) electrons. The Labute approximate surface area is 83.1 Å². The van der Waals surface area contributed by atoms with Crippen LogP contribution in [0, 0.1) is 12.2 Å². The third kappa shape index (κ3) is 2.92. The standard InChI is InChI=1S/C11H13FNO/c1-8(14)7-11(13-2)9-3-5-10(12)6-4-9/h3-7,11,13H,1-2H3.